The van der Waals surface area contributed by atoms with Crippen molar-refractivity contribution in [1.29, 1.82) is 0 Å². The summed E-state index contributed by atoms with van der Waals surface area (Å²) in [6, 6.07) is 8.82. The van der Waals surface area contributed by atoms with Crippen molar-refractivity contribution in [1.82, 2.24) is 0 Å². The van der Waals surface area contributed by atoms with Gasteiger partial charge in [-0.25, -0.2) is 4.79 Å². The Hall–Kier alpha value is -1.55. The van der Waals surface area contributed by atoms with E-state index in [9.17, 15) is 4.79 Å². The zero-order chi connectivity index (χ0) is 15.0. The van der Waals surface area contributed by atoms with Crippen LogP contribution in [0.15, 0.2) is 24.3 Å². The molecule has 114 valence electrons. The van der Waals surface area contributed by atoms with Gasteiger partial charge in [-0.05, 0) is 50.2 Å². The summed E-state index contributed by atoms with van der Waals surface area (Å²) in [5, 5.41) is 0. The number of para-hydroxylation sites is 1. The second kappa shape index (κ2) is 5.34. The molecule has 21 heavy (non-hydrogen) atoms. The van der Waals surface area contributed by atoms with Crippen LogP contribution in [-0.4, -0.2) is 31.2 Å². The number of ether oxygens (including phenoxy) is 1. The Kier molecular flexibility index (Phi) is 3.66. The number of hydrogen-bond acceptors (Lipinski definition) is 4. The molecule has 1 heterocycles. The van der Waals surface area contributed by atoms with Crippen LogP contribution in [0.1, 0.15) is 31.7 Å². The van der Waals surface area contributed by atoms with Gasteiger partial charge in [0, 0.05) is 18.3 Å². The molecule has 2 N–H and O–H groups in total. The van der Waals surface area contributed by atoms with E-state index in [1.807, 2.05) is 0 Å². The molecular formula is C17H24N2O2. The summed E-state index contributed by atoms with van der Waals surface area (Å²) >= 11 is 0. The SMILES string of the molecule is COC(=O)C(N)(CN1c2ccccc2CCC1C)C1CC1. The number of carbonyl (C=O) groups excluding carboxylic acids is 1. The molecule has 1 aromatic rings. The molecule has 1 fully saturated rings. The summed E-state index contributed by atoms with van der Waals surface area (Å²) in [5.74, 6) is -0.0218. The van der Waals surface area contributed by atoms with Crippen molar-refractivity contribution in [2.45, 2.75) is 44.2 Å². The molecule has 4 heteroatoms. The predicted octanol–water partition coefficient (Wildman–Crippen LogP) is 2.11. The molecule has 0 radical (unpaired) electrons. The number of nitrogens with zero attached hydrogens (tertiary/aromatic N) is 1. The van der Waals surface area contributed by atoms with Crippen molar-refractivity contribution in [3.8, 4) is 0 Å². The maximum absolute atomic E-state index is 12.2. The van der Waals surface area contributed by atoms with Gasteiger partial charge in [0.05, 0.1) is 7.11 Å². The van der Waals surface area contributed by atoms with Crippen molar-refractivity contribution in [2.75, 3.05) is 18.6 Å². The fourth-order valence-corrected chi connectivity index (χ4v) is 3.43. The van der Waals surface area contributed by atoms with Crippen LogP contribution in [0.25, 0.3) is 0 Å². The molecular weight excluding hydrogens is 264 g/mol. The molecule has 1 aliphatic heterocycles. The third kappa shape index (κ3) is 2.53. The number of rotatable bonds is 4. The fraction of sp³-hybridized carbons (Fsp3) is 0.588. The van der Waals surface area contributed by atoms with Gasteiger partial charge in [0.15, 0.2) is 0 Å². The number of aryl methyl sites for hydroxylation is 1. The molecule has 3 rings (SSSR count). The molecule has 1 aliphatic carbocycles. The highest BCUT2D eigenvalue weighted by Gasteiger charge is 2.50. The molecule has 0 saturated heterocycles. The first-order valence-corrected chi connectivity index (χ1v) is 7.78. The predicted molar refractivity (Wildman–Crippen MR) is 83.2 cm³/mol. The van der Waals surface area contributed by atoms with E-state index in [1.165, 1.54) is 18.4 Å². The smallest absolute Gasteiger partial charge is 0.327 e. The minimum Gasteiger partial charge on any atom is -0.468 e. The van der Waals surface area contributed by atoms with E-state index in [1.54, 1.807) is 0 Å². The van der Waals surface area contributed by atoms with E-state index in [0.29, 0.717) is 12.6 Å². The lowest BCUT2D eigenvalue weighted by Gasteiger charge is -2.42. The molecule has 4 nitrogen and oxygen atoms in total. The topological polar surface area (TPSA) is 55.6 Å². The van der Waals surface area contributed by atoms with Crippen LogP contribution in [0.3, 0.4) is 0 Å². The average molecular weight is 288 g/mol. The molecule has 1 saturated carbocycles. The number of nitrogens with two attached hydrogens (primary N) is 1. The molecule has 2 unspecified atom stereocenters. The third-order valence-electron chi connectivity index (χ3n) is 4.97. The summed E-state index contributed by atoms with van der Waals surface area (Å²) < 4.78 is 4.99. The molecule has 0 aromatic heterocycles. The Bertz CT molecular complexity index is 541. The highest BCUT2D eigenvalue weighted by molar-refractivity contribution is 5.82. The fourth-order valence-electron chi connectivity index (χ4n) is 3.43. The Labute approximate surface area is 126 Å². The van der Waals surface area contributed by atoms with Crippen LogP contribution < -0.4 is 10.6 Å². The number of methoxy groups -OCH3 is 1. The normalized spacial score (nSPS) is 24.1. The van der Waals surface area contributed by atoms with E-state index in [4.69, 9.17) is 10.5 Å². The quantitative estimate of drug-likeness (QED) is 0.862. The molecule has 0 amide bonds. The number of carbonyl (C=O) groups is 1. The molecule has 0 spiro atoms. The van der Waals surface area contributed by atoms with E-state index >= 15 is 0 Å². The number of hydrogen-bond donors (Lipinski definition) is 1. The van der Waals surface area contributed by atoms with Gasteiger partial charge >= 0.3 is 5.97 Å². The van der Waals surface area contributed by atoms with Gasteiger partial charge in [-0.3, -0.25) is 0 Å². The zero-order valence-electron chi connectivity index (χ0n) is 12.8. The Morgan fingerprint density at radius 3 is 2.76 bits per heavy atom. The van der Waals surface area contributed by atoms with Crippen LogP contribution in [0.4, 0.5) is 5.69 Å². The van der Waals surface area contributed by atoms with Gasteiger partial charge in [0.2, 0.25) is 0 Å². The van der Waals surface area contributed by atoms with Gasteiger partial charge in [-0.2, -0.15) is 0 Å². The first-order valence-electron chi connectivity index (χ1n) is 7.78. The first-order chi connectivity index (χ1) is 10.1. The average Bonchev–Trinajstić information content (AvgIpc) is 3.34. The Morgan fingerprint density at radius 2 is 2.10 bits per heavy atom. The highest BCUT2D eigenvalue weighted by atomic mass is 16.5. The summed E-state index contributed by atoms with van der Waals surface area (Å²) in [5.41, 5.74) is 8.17. The molecule has 2 aliphatic rings. The molecule has 0 bridgehead atoms. The second-order valence-electron chi connectivity index (χ2n) is 6.45. The minimum absolute atomic E-state index is 0.256. The van der Waals surface area contributed by atoms with E-state index < -0.39 is 5.54 Å². The first kappa shape index (κ1) is 14.4. The summed E-state index contributed by atoms with van der Waals surface area (Å²) in [4.78, 5) is 14.5. The van der Waals surface area contributed by atoms with Gasteiger partial charge in [0.25, 0.3) is 0 Å². The zero-order valence-corrected chi connectivity index (χ0v) is 12.8. The van der Waals surface area contributed by atoms with Gasteiger partial charge in [-0.1, -0.05) is 18.2 Å². The van der Waals surface area contributed by atoms with Crippen LogP contribution in [0, 0.1) is 5.92 Å². The third-order valence-corrected chi connectivity index (χ3v) is 4.97. The van der Waals surface area contributed by atoms with Crippen molar-refractivity contribution in [2.24, 2.45) is 11.7 Å². The van der Waals surface area contributed by atoms with Gasteiger partial charge < -0.3 is 15.4 Å². The molecule has 1 aromatic carbocycles. The lowest BCUT2D eigenvalue weighted by Crippen LogP contribution is -2.60. The van der Waals surface area contributed by atoms with Crippen LogP contribution in [0.2, 0.25) is 0 Å². The van der Waals surface area contributed by atoms with E-state index in [-0.39, 0.29) is 11.9 Å². The summed E-state index contributed by atoms with van der Waals surface area (Å²) in [6.07, 6.45) is 4.23. The second-order valence-corrected chi connectivity index (χ2v) is 6.45. The maximum Gasteiger partial charge on any atom is 0.327 e. The van der Waals surface area contributed by atoms with E-state index in [0.717, 1.165) is 25.7 Å². The van der Waals surface area contributed by atoms with Gasteiger partial charge in [-0.15, -0.1) is 0 Å². The minimum atomic E-state index is -0.881. The standard InChI is InChI=1S/C17H24N2O2/c1-12-7-8-13-5-3-4-6-15(13)19(12)11-17(18,14-9-10-14)16(20)21-2/h3-6,12,14H,7-11,18H2,1-2H3. The van der Waals surface area contributed by atoms with Crippen LogP contribution in [-0.2, 0) is 16.0 Å². The highest BCUT2D eigenvalue weighted by Crippen LogP contribution is 2.41. The number of anilines is 1. The van der Waals surface area contributed by atoms with Crippen molar-refractivity contribution in [3.63, 3.8) is 0 Å². The van der Waals surface area contributed by atoms with Crippen LogP contribution >= 0.6 is 0 Å². The Balaban J connectivity index is 1.90. The monoisotopic (exact) mass is 288 g/mol. The van der Waals surface area contributed by atoms with Gasteiger partial charge in [0.1, 0.15) is 5.54 Å². The maximum atomic E-state index is 12.2. The van der Waals surface area contributed by atoms with Crippen molar-refractivity contribution < 1.29 is 9.53 Å². The lowest BCUT2D eigenvalue weighted by molar-refractivity contribution is -0.147. The largest absolute Gasteiger partial charge is 0.468 e. The Morgan fingerprint density at radius 1 is 1.38 bits per heavy atom. The van der Waals surface area contributed by atoms with Crippen molar-refractivity contribution in [3.05, 3.63) is 29.8 Å². The van der Waals surface area contributed by atoms with Crippen molar-refractivity contribution >= 4 is 11.7 Å². The number of fused-ring (bicyclic) bond motifs is 1. The number of esters is 1. The van der Waals surface area contributed by atoms with Crippen LogP contribution in [0.5, 0.6) is 0 Å². The number of benzene rings is 1. The lowest BCUT2D eigenvalue weighted by atomic mass is 9.89. The summed E-state index contributed by atoms with van der Waals surface area (Å²) in [6.45, 7) is 2.75. The molecule has 2 atom stereocenters. The summed E-state index contributed by atoms with van der Waals surface area (Å²) in [7, 11) is 1.43. The van der Waals surface area contributed by atoms with E-state index in [2.05, 4.69) is 36.1 Å².